The molecule has 1 atom stereocenters. The highest BCUT2D eigenvalue weighted by Crippen LogP contribution is 2.46. The summed E-state index contributed by atoms with van der Waals surface area (Å²) in [5.41, 5.74) is 1.05. The summed E-state index contributed by atoms with van der Waals surface area (Å²) in [6, 6.07) is 29.4. The van der Waals surface area contributed by atoms with Crippen molar-refractivity contribution in [3.63, 3.8) is 0 Å². The van der Waals surface area contributed by atoms with Gasteiger partial charge in [-0.1, -0.05) is 91.0 Å². The van der Waals surface area contributed by atoms with Crippen LogP contribution in [-0.4, -0.2) is 11.8 Å². The van der Waals surface area contributed by atoms with E-state index < -0.39 is 11.6 Å². The summed E-state index contributed by atoms with van der Waals surface area (Å²) in [7, 11) is 0. The first kappa shape index (κ1) is 20.1. The minimum absolute atomic E-state index is 0.0878. The molecule has 0 aliphatic heterocycles. The number of esters is 1. The van der Waals surface area contributed by atoms with E-state index in [1.165, 1.54) is 6.92 Å². The van der Waals surface area contributed by atoms with Crippen molar-refractivity contribution in [2.45, 2.75) is 12.5 Å². The Hall–Kier alpha value is -4.23. The smallest absolute Gasteiger partial charge is 0.304 e. The summed E-state index contributed by atoms with van der Waals surface area (Å²) in [4.78, 5) is 25.9. The fourth-order valence-electron chi connectivity index (χ4n) is 3.91. The molecular weight excluding hydrogens is 386 g/mol. The molecular formula is C27H19NO3. The number of ketones is 1. The second-order valence-electron chi connectivity index (χ2n) is 7.18. The molecule has 0 radical (unpaired) electrons. The van der Waals surface area contributed by atoms with Crippen LogP contribution in [0.2, 0.25) is 0 Å². The van der Waals surface area contributed by atoms with Crippen LogP contribution in [0.25, 0.3) is 11.1 Å². The zero-order valence-electron chi connectivity index (χ0n) is 16.9. The van der Waals surface area contributed by atoms with Crippen LogP contribution in [0.15, 0.2) is 103 Å². The zero-order chi connectivity index (χ0) is 21.8. The summed E-state index contributed by atoms with van der Waals surface area (Å²) < 4.78 is 5.87. The number of ether oxygens (including phenoxy) is 1. The normalized spacial score (nSPS) is 18.2. The maximum Gasteiger partial charge on any atom is 0.304 e. The Balaban J connectivity index is 2.11. The topological polar surface area (TPSA) is 67.2 Å². The predicted octanol–water partition coefficient (Wildman–Crippen LogP) is 5.09. The molecule has 0 amide bonds. The molecule has 0 aromatic heterocycles. The molecule has 0 fully saturated rings. The third-order valence-electron chi connectivity index (χ3n) is 5.21. The quantitative estimate of drug-likeness (QED) is 0.567. The Bertz CT molecular complexity index is 1240. The lowest BCUT2D eigenvalue weighted by molar-refractivity contribution is -0.150. The van der Waals surface area contributed by atoms with Crippen LogP contribution in [0, 0.1) is 11.3 Å². The number of hydrogen-bond donors (Lipinski definition) is 0. The Kier molecular flexibility index (Phi) is 5.34. The standard InChI is InChI=1S/C27H19NO3/c1-19(29)31-27(22-15-9-4-10-16-22)17-23(20-11-5-2-6-12-20)26(30)25(24(27)18-28)21-13-7-3-8-14-21/h2-17H,1H3. The Labute approximate surface area is 180 Å². The van der Waals surface area contributed by atoms with Crippen molar-refractivity contribution < 1.29 is 14.3 Å². The number of carbonyl (C=O) groups excluding carboxylic acids is 2. The van der Waals surface area contributed by atoms with E-state index in [1.54, 1.807) is 42.5 Å². The average Bonchev–Trinajstić information content (AvgIpc) is 2.81. The number of nitriles is 1. The van der Waals surface area contributed by atoms with E-state index in [9.17, 15) is 14.9 Å². The van der Waals surface area contributed by atoms with E-state index >= 15 is 0 Å². The Morgan fingerprint density at radius 2 is 1.35 bits per heavy atom. The van der Waals surface area contributed by atoms with Crippen molar-refractivity contribution in [1.29, 1.82) is 5.26 Å². The van der Waals surface area contributed by atoms with E-state index in [2.05, 4.69) is 6.07 Å². The van der Waals surface area contributed by atoms with Gasteiger partial charge in [0, 0.05) is 23.6 Å². The molecule has 0 saturated heterocycles. The summed E-state index contributed by atoms with van der Waals surface area (Å²) in [6.45, 7) is 1.30. The fourth-order valence-corrected chi connectivity index (χ4v) is 3.91. The Morgan fingerprint density at radius 1 is 0.839 bits per heavy atom. The number of nitrogens with zero attached hydrogens (tertiary/aromatic N) is 1. The number of Topliss-reactive ketones (excluding diaryl/α,β-unsaturated/α-hetero) is 1. The molecule has 3 aromatic carbocycles. The van der Waals surface area contributed by atoms with Crippen molar-refractivity contribution >= 4 is 22.9 Å². The van der Waals surface area contributed by atoms with Crippen LogP contribution in [0.4, 0.5) is 0 Å². The average molecular weight is 405 g/mol. The van der Waals surface area contributed by atoms with Crippen molar-refractivity contribution in [1.82, 2.24) is 0 Å². The molecule has 1 aliphatic carbocycles. The Morgan fingerprint density at radius 3 is 1.87 bits per heavy atom. The van der Waals surface area contributed by atoms with E-state index in [0.717, 1.165) is 0 Å². The lowest BCUT2D eigenvalue weighted by Gasteiger charge is -2.35. The largest absolute Gasteiger partial charge is 0.444 e. The van der Waals surface area contributed by atoms with Gasteiger partial charge in [-0.3, -0.25) is 9.59 Å². The van der Waals surface area contributed by atoms with Crippen LogP contribution >= 0.6 is 0 Å². The number of benzene rings is 3. The summed E-state index contributed by atoms with van der Waals surface area (Å²) in [6.07, 6.45) is 1.60. The molecule has 1 unspecified atom stereocenters. The molecule has 4 heteroatoms. The van der Waals surface area contributed by atoms with Crippen LogP contribution in [0.5, 0.6) is 0 Å². The molecule has 0 spiro atoms. The first-order valence-corrected chi connectivity index (χ1v) is 9.85. The van der Waals surface area contributed by atoms with Crippen LogP contribution in [0.1, 0.15) is 23.6 Å². The maximum atomic E-state index is 13.7. The summed E-state index contributed by atoms with van der Waals surface area (Å²) in [5.74, 6) is -0.838. The maximum absolute atomic E-state index is 13.7. The zero-order valence-corrected chi connectivity index (χ0v) is 16.9. The predicted molar refractivity (Wildman–Crippen MR) is 118 cm³/mol. The minimum Gasteiger partial charge on any atom is -0.444 e. The number of allylic oxidation sites excluding steroid dienone is 2. The van der Waals surface area contributed by atoms with Crippen molar-refractivity contribution in [2.75, 3.05) is 0 Å². The number of carbonyl (C=O) groups is 2. The summed E-state index contributed by atoms with van der Waals surface area (Å²) >= 11 is 0. The highest BCUT2D eigenvalue weighted by molar-refractivity contribution is 6.44. The number of rotatable bonds is 4. The molecule has 31 heavy (non-hydrogen) atoms. The summed E-state index contributed by atoms with van der Waals surface area (Å²) in [5, 5.41) is 10.2. The molecule has 4 rings (SSSR count). The van der Waals surface area contributed by atoms with Gasteiger partial charge < -0.3 is 4.74 Å². The molecule has 3 aromatic rings. The first-order valence-electron chi connectivity index (χ1n) is 9.85. The van der Waals surface area contributed by atoms with Gasteiger partial charge in [0.1, 0.15) is 6.07 Å². The second-order valence-corrected chi connectivity index (χ2v) is 7.18. The lowest BCUT2D eigenvalue weighted by Crippen LogP contribution is -2.36. The minimum atomic E-state index is -1.52. The van der Waals surface area contributed by atoms with E-state index in [0.29, 0.717) is 22.3 Å². The van der Waals surface area contributed by atoms with E-state index in [1.807, 2.05) is 54.6 Å². The lowest BCUT2D eigenvalue weighted by atomic mass is 9.73. The molecule has 0 saturated carbocycles. The highest BCUT2D eigenvalue weighted by atomic mass is 16.6. The molecule has 150 valence electrons. The van der Waals surface area contributed by atoms with Crippen LogP contribution < -0.4 is 0 Å². The molecule has 0 heterocycles. The van der Waals surface area contributed by atoms with Crippen LogP contribution in [0.3, 0.4) is 0 Å². The van der Waals surface area contributed by atoms with Gasteiger partial charge in [-0.2, -0.15) is 5.26 Å². The van der Waals surface area contributed by atoms with Gasteiger partial charge in [0.25, 0.3) is 0 Å². The fraction of sp³-hybridized carbons (Fsp3) is 0.0741. The van der Waals surface area contributed by atoms with Gasteiger partial charge in [-0.15, -0.1) is 0 Å². The van der Waals surface area contributed by atoms with Gasteiger partial charge in [0.2, 0.25) is 0 Å². The highest BCUT2D eigenvalue weighted by Gasteiger charge is 2.46. The third kappa shape index (κ3) is 3.58. The molecule has 0 bridgehead atoms. The molecule has 1 aliphatic rings. The van der Waals surface area contributed by atoms with Crippen molar-refractivity contribution in [3.8, 4) is 6.07 Å². The number of hydrogen-bond acceptors (Lipinski definition) is 4. The third-order valence-corrected chi connectivity index (χ3v) is 5.21. The monoisotopic (exact) mass is 405 g/mol. The van der Waals surface area contributed by atoms with E-state index in [-0.39, 0.29) is 16.9 Å². The second kappa shape index (κ2) is 8.25. The van der Waals surface area contributed by atoms with Gasteiger partial charge >= 0.3 is 5.97 Å². The molecule has 0 N–H and O–H groups in total. The van der Waals surface area contributed by atoms with Crippen molar-refractivity contribution in [2.24, 2.45) is 0 Å². The SMILES string of the molecule is CC(=O)OC1(c2ccccc2)C=C(c2ccccc2)C(=O)C(c2ccccc2)=C1C#N. The van der Waals surface area contributed by atoms with Gasteiger partial charge in [-0.25, -0.2) is 0 Å². The van der Waals surface area contributed by atoms with Crippen molar-refractivity contribution in [3.05, 3.63) is 119 Å². The van der Waals surface area contributed by atoms with E-state index in [4.69, 9.17) is 4.74 Å². The van der Waals surface area contributed by atoms with Gasteiger partial charge in [0.15, 0.2) is 11.4 Å². The van der Waals surface area contributed by atoms with Crippen LogP contribution in [-0.2, 0) is 19.9 Å². The van der Waals surface area contributed by atoms with Gasteiger partial charge in [0.05, 0.1) is 5.57 Å². The van der Waals surface area contributed by atoms with Gasteiger partial charge in [-0.05, 0) is 17.2 Å². The molecule has 4 nitrogen and oxygen atoms in total. The first-order chi connectivity index (χ1) is 15.1.